The molecule has 1 amide bonds. The van der Waals surface area contributed by atoms with Crippen LogP contribution in [0.4, 0.5) is 0 Å². The van der Waals surface area contributed by atoms with Gasteiger partial charge in [-0.25, -0.2) is 0 Å². The van der Waals surface area contributed by atoms with Crippen molar-refractivity contribution < 1.29 is 4.79 Å². The Morgan fingerprint density at radius 2 is 1.70 bits per heavy atom. The maximum atomic E-state index is 11.5. The highest BCUT2D eigenvalue weighted by Crippen LogP contribution is 2.39. The number of carbonyl (C=O) groups excluding carboxylic acids is 1. The SMILES string of the molecule is CCCCC(=O)NCCSC1CCC1SCCNC(C)(C)CC. The molecule has 0 aliphatic heterocycles. The van der Waals surface area contributed by atoms with Crippen molar-refractivity contribution in [3.63, 3.8) is 0 Å². The molecule has 1 aliphatic carbocycles. The molecule has 0 aromatic heterocycles. The summed E-state index contributed by atoms with van der Waals surface area (Å²) in [7, 11) is 0. The van der Waals surface area contributed by atoms with Crippen LogP contribution in [0.5, 0.6) is 0 Å². The lowest BCUT2D eigenvalue weighted by atomic mass is 9.99. The van der Waals surface area contributed by atoms with Crippen LogP contribution in [-0.2, 0) is 4.79 Å². The molecule has 1 aliphatic rings. The predicted molar refractivity (Wildman–Crippen MR) is 107 cm³/mol. The molecule has 3 nitrogen and oxygen atoms in total. The summed E-state index contributed by atoms with van der Waals surface area (Å²) in [5.41, 5.74) is 0.268. The van der Waals surface area contributed by atoms with Crippen molar-refractivity contribution in [1.82, 2.24) is 10.6 Å². The molecule has 0 aromatic carbocycles. The van der Waals surface area contributed by atoms with Crippen LogP contribution in [0.2, 0.25) is 0 Å². The van der Waals surface area contributed by atoms with Crippen molar-refractivity contribution in [1.29, 1.82) is 0 Å². The van der Waals surface area contributed by atoms with E-state index in [-0.39, 0.29) is 11.4 Å². The number of carbonyl (C=O) groups is 1. The Morgan fingerprint density at radius 1 is 1.09 bits per heavy atom. The van der Waals surface area contributed by atoms with E-state index in [2.05, 4.69) is 50.1 Å². The number of amides is 1. The molecule has 0 spiro atoms. The zero-order valence-corrected chi connectivity index (χ0v) is 17.1. The first-order chi connectivity index (χ1) is 11.0. The summed E-state index contributed by atoms with van der Waals surface area (Å²) in [4.78, 5) is 11.5. The van der Waals surface area contributed by atoms with Gasteiger partial charge in [-0.15, -0.1) is 0 Å². The lowest BCUT2D eigenvalue weighted by molar-refractivity contribution is -0.121. The molecule has 0 bridgehead atoms. The molecule has 0 aromatic rings. The third-order valence-electron chi connectivity index (χ3n) is 4.59. The van der Waals surface area contributed by atoms with Crippen LogP contribution >= 0.6 is 23.5 Å². The van der Waals surface area contributed by atoms with Gasteiger partial charge in [-0.2, -0.15) is 23.5 Å². The summed E-state index contributed by atoms with van der Waals surface area (Å²) in [6.07, 6.45) is 6.66. The van der Waals surface area contributed by atoms with Gasteiger partial charge in [0.1, 0.15) is 0 Å². The van der Waals surface area contributed by atoms with Gasteiger partial charge in [0.25, 0.3) is 0 Å². The Kier molecular flexibility index (Phi) is 10.7. The number of unbranched alkanes of at least 4 members (excludes halogenated alkanes) is 1. The van der Waals surface area contributed by atoms with Crippen LogP contribution in [0.1, 0.15) is 66.2 Å². The molecule has 1 saturated carbocycles. The molecular formula is C18H36N2OS2. The van der Waals surface area contributed by atoms with E-state index in [1.807, 2.05) is 11.8 Å². The highest BCUT2D eigenvalue weighted by molar-refractivity contribution is 8.04. The zero-order chi connectivity index (χ0) is 17.1. The third kappa shape index (κ3) is 9.25. The van der Waals surface area contributed by atoms with E-state index in [1.165, 1.54) is 25.0 Å². The van der Waals surface area contributed by atoms with Crippen LogP contribution in [0.25, 0.3) is 0 Å². The third-order valence-corrected chi connectivity index (χ3v) is 7.62. The zero-order valence-electron chi connectivity index (χ0n) is 15.5. The fourth-order valence-electron chi connectivity index (χ4n) is 2.37. The minimum absolute atomic E-state index is 0.219. The van der Waals surface area contributed by atoms with Crippen molar-refractivity contribution >= 4 is 29.4 Å². The summed E-state index contributed by atoms with van der Waals surface area (Å²) in [5, 5.41) is 8.29. The molecular weight excluding hydrogens is 324 g/mol. The summed E-state index contributed by atoms with van der Waals surface area (Å²) in [6.45, 7) is 10.8. The van der Waals surface area contributed by atoms with E-state index in [0.29, 0.717) is 6.42 Å². The lowest BCUT2D eigenvalue weighted by Crippen LogP contribution is -2.40. The fraction of sp³-hybridized carbons (Fsp3) is 0.944. The van der Waals surface area contributed by atoms with Crippen LogP contribution in [0, 0.1) is 0 Å². The van der Waals surface area contributed by atoms with E-state index < -0.39 is 0 Å². The summed E-state index contributed by atoms with van der Waals surface area (Å²) in [5.74, 6) is 2.48. The van der Waals surface area contributed by atoms with Crippen LogP contribution in [0.3, 0.4) is 0 Å². The van der Waals surface area contributed by atoms with Crippen molar-refractivity contribution in [2.24, 2.45) is 0 Å². The van der Waals surface area contributed by atoms with Gasteiger partial charge in [-0.1, -0.05) is 20.3 Å². The molecule has 1 fully saturated rings. The number of thioether (sulfide) groups is 2. The van der Waals surface area contributed by atoms with Crippen LogP contribution in [-0.4, -0.2) is 46.5 Å². The molecule has 2 atom stereocenters. The smallest absolute Gasteiger partial charge is 0.220 e. The molecule has 136 valence electrons. The average molecular weight is 361 g/mol. The van der Waals surface area contributed by atoms with E-state index >= 15 is 0 Å². The van der Waals surface area contributed by atoms with Crippen LogP contribution in [0.15, 0.2) is 0 Å². The van der Waals surface area contributed by atoms with Crippen molar-refractivity contribution in [2.45, 2.75) is 82.3 Å². The molecule has 23 heavy (non-hydrogen) atoms. The highest BCUT2D eigenvalue weighted by Gasteiger charge is 2.31. The predicted octanol–water partition coefficient (Wildman–Crippen LogP) is 4.07. The van der Waals surface area contributed by atoms with Gasteiger partial charge in [0, 0.05) is 47.1 Å². The first-order valence-electron chi connectivity index (χ1n) is 9.23. The Bertz CT molecular complexity index is 337. The van der Waals surface area contributed by atoms with Crippen molar-refractivity contribution in [2.75, 3.05) is 24.6 Å². The molecule has 0 saturated heterocycles. The second kappa shape index (κ2) is 11.6. The van der Waals surface area contributed by atoms with Gasteiger partial charge in [-0.05, 0) is 39.5 Å². The van der Waals surface area contributed by atoms with Crippen molar-refractivity contribution in [3.8, 4) is 0 Å². The second-order valence-corrected chi connectivity index (χ2v) is 9.71. The van der Waals surface area contributed by atoms with Gasteiger partial charge in [0.05, 0.1) is 0 Å². The average Bonchev–Trinajstić information content (AvgIpc) is 2.51. The normalized spacial score (nSPS) is 21.0. The minimum Gasteiger partial charge on any atom is -0.355 e. The number of rotatable bonds is 13. The summed E-state index contributed by atoms with van der Waals surface area (Å²) >= 11 is 4.18. The van der Waals surface area contributed by atoms with E-state index in [0.717, 1.165) is 42.2 Å². The summed E-state index contributed by atoms with van der Waals surface area (Å²) in [6, 6.07) is 0. The number of hydrogen-bond donors (Lipinski definition) is 2. The fourth-order valence-corrected chi connectivity index (χ4v) is 5.20. The van der Waals surface area contributed by atoms with Gasteiger partial charge >= 0.3 is 0 Å². The number of nitrogens with one attached hydrogen (secondary N) is 2. The van der Waals surface area contributed by atoms with E-state index in [1.54, 1.807) is 0 Å². The quantitative estimate of drug-likeness (QED) is 0.486. The van der Waals surface area contributed by atoms with Gasteiger partial charge in [0.2, 0.25) is 5.91 Å². The summed E-state index contributed by atoms with van der Waals surface area (Å²) < 4.78 is 0. The van der Waals surface area contributed by atoms with Crippen molar-refractivity contribution in [3.05, 3.63) is 0 Å². The molecule has 1 rings (SSSR count). The molecule has 2 unspecified atom stereocenters. The Balaban J connectivity index is 2.01. The topological polar surface area (TPSA) is 41.1 Å². The molecule has 2 N–H and O–H groups in total. The molecule has 0 heterocycles. The standard InChI is InChI=1S/C18H36N2OS2/c1-5-7-8-17(21)19-11-13-22-15-9-10-16(15)23-14-12-20-18(3,4)6-2/h15-16,20H,5-14H2,1-4H3,(H,19,21). The monoisotopic (exact) mass is 360 g/mol. The van der Waals surface area contributed by atoms with Crippen LogP contribution < -0.4 is 10.6 Å². The maximum absolute atomic E-state index is 11.5. The Labute approximate surface area is 151 Å². The first kappa shape index (κ1) is 21.2. The highest BCUT2D eigenvalue weighted by atomic mass is 32.2. The Hall–Kier alpha value is 0.130. The second-order valence-electron chi connectivity index (χ2n) is 7.01. The van der Waals surface area contributed by atoms with Gasteiger partial charge in [0.15, 0.2) is 0 Å². The van der Waals surface area contributed by atoms with Gasteiger partial charge < -0.3 is 10.6 Å². The van der Waals surface area contributed by atoms with E-state index in [4.69, 9.17) is 0 Å². The lowest BCUT2D eigenvalue weighted by Gasteiger charge is -2.36. The largest absolute Gasteiger partial charge is 0.355 e. The minimum atomic E-state index is 0.219. The number of hydrogen-bond acceptors (Lipinski definition) is 4. The van der Waals surface area contributed by atoms with Gasteiger partial charge in [-0.3, -0.25) is 4.79 Å². The molecule has 0 radical (unpaired) electrons. The maximum Gasteiger partial charge on any atom is 0.220 e. The first-order valence-corrected chi connectivity index (χ1v) is 11.3. The Morgan fingerprint density at radius 3 is 2.22 bits per heavy atom. The van der Waals surface area contributed by atoms with E-state index in [9.17, 15) is 4.79 Å². The molecule has 5 heteroatoms.